The van der Waals surface area contributed by atoms with Crippen LogP contribution in [0.4, 0.5) is 10.5 Å². The second kappa shape index (κ2) is 5.73. The number of nitrogens with one attached hydrogen (secondary N) is 2. The van der Waals surface area contributed by atoms with Crippen LogP contribution >= 0.6 is 0 Å². The molecule has 2 rings (SSSR count). The van der Waals surface area contributed by atoms with Crippen LogP contribution in [-0.4, -0.2) is 18.7 Å². The van der Waals surface area contributed by atoms with E-state index in [1.165, 1.54) is 11.1 Å². The van der Waals surface area contributed by atoms with Crippen LogP contribution in [0.5, 0.6) is 0 Å². The standard InChI is InChI=1S/C16H24N2O2/c1-16(2,3)20-15(19)18-14-7-5-6-11-8-9-12(17-4)10-13(11)14/h8-10,14,17H,5-7H2,1-4H3,(H,18,19). The first-order valence-electron chi connectivity index (χ1n) is 7.19. The molecule has 1 aromatic carbocycles. The largest absolute Gasteiger partial charge is 0.444 e. The van der Waals surface area contributed by atoms with Crippen molar-refractivity contribution in [3.8, 4) is 0 Å². The highest BCUT2D eigenvalue weighted by Crippen LogP contribution is 2.31. The molecule has 0 radical (unpaired) electrons. The van der Waals surface area contributed by atoms with Crippen LogP contribution in [0.2, 0.25) is 0 Å². The number of rotatable bonds is 2. The van der Waals surface area contributed by atoms with Crippen molar-refractivity contribution in [1.29, 1.82) is 0 Å². The Balaban J connectivity index is 2.13. The first-order chi connectivity index (χ1) is 9.39. The van der Waals surface area contributed by atoms with Gasteiger partial charge < -0.3 is 15.4 Å². The molecule has 1 aromatic rings. The third kappa shape index (κ3) is 3.65. The predicted molar refractivity (Wildman–Crippen MR) is 81.0 cm³/mol. The summed E-state index contributed by atoms with van der Waals surface area (Å²) in [6.07, 6.45) is 2.78. The van der Waals surface area contributed by atoms with Gasteiger partial charge in [-0.05, 0) is 63.3 Å². The number of alkyl carbamates (subject to hydrolysis) is 1. The van der Waals surface area contributed by atoms with Gasteiger partial charge in [0.2, 0.25) is 0 Å². The van der Waals surface area contributed by atoms with Gasteiger partial charge in [0, 0.05) is 12.7 Å². The highest BCUT2D eigenvalue weighted by molar-refractivity contribution is 5.69. The Labute approximate surface area is 120 Å². The van der Waals surface area contributed by atoms with E-state index in [-0.39, 0.29) is 12.1 Å². The zero-order valence-corrected chi connectivity index (χ0v) is 12.7. The van der Waals surface area contributed by atoms with E-state index < -0.39 is 5.60 Å². The lowest BCUT2D eigenvalue weighted by Gasteiger charge is -2.28. The molecular formula is C16H24N2O2. The molecule has 0 spiro atoms. The minimum Gasteiger partial charge on any atom is -0.444 e. The fourth-order valence-electron chi connectivity index (χ4n) is 2.55. The van der Waals surface area contributed by atoms with Gasteiger partial charge in [0.1, 0.15) is 5.60 Å². The number of anilines is 1. The van der Waals surface area contributed by atoms with Crippen molar-refractivity contribution >= 4 is 11.8 Å². The fourth-order valence-corrected chi connectivity index (χ4v) is 2.55. The van der Waals surface area contributed by atoms with Crippen molar-refractivity contribution in [3.63, 3.8) is 0 Å². The van der Waals surface area contributed by atoms with E-state index >= 15 is 0 Å². The molecular weight excluding hydrogens is 252 g/mol. The van der Waals surface area contributed by atoms with Gasteiger partial charge in [0.05, 0.1) is 6.04 Å². The minimum absolute atomic E-state index is 0.0434. The average Bonchev–Trinajstić information content (AvgIpc) is 2.36. The van der Waals surface area contributed by atoms with Crippen LogP contribution in [0, 0.1) is 0 Å². The van der Waals surface area contributed by atoms with E-state index in [0.717, 1.165) is 24.9 Å². The topological polar surface area (TPSA) is 50.4 Å². The Bertz CT molecular complexity index is 492. The van der Waals surface area contributed by atoms with Crippen molar-refractivity contribution in [2.45, 2.75) is 51.7 Å². The third-order valence-corrected chi connectivity index (χ3v) is 3.44. The number of aryl methyl sites for hydroxylation is 1. The lowest BCUT2D eigenvalue weighted by Crippen LogP contribution is -2.36. The van der Waals surface area contributed by atoms with Gasteiger partial charge in [0.25, 0.3) is 0 Å². The molecule has 1 aliphatic carbocycles. The number of carbonyl (C=O) groups excluding carboxylic acids is 1. The van der Waals surface area contributed by atoms with Crippen molar-refractivity contribution in [3.05, 3.63) is 29.3 Å². The van der Waals surface area contributed by atoms with Crippen molar-refractivity contribution in [2.24, 2.45) is 0 Å². The maximum absolute atomic E-state index is 11.9. The van der Waals surface area contributed by atoms with Gasteiger partial charge in [0.15, 0.2) is 0 Å². The van der Waals surface area contributed by atoms with E-state index in [4.69, 9.17) is 4.74 Å². The monoisotopic (exact) mass is 276 g/mol. The summed E-state index contributed by atoms with van der Waals surface area (Å²) < 4.78 is 5.35. The molecule has 0 saturated heterocycles. The lowest BCUT2D eigenvalue weighted by atomic mass is 9.87. The second-order valence-corrected chi connectivity index (χ2v) is 6.25. The summed E-state index contributed by atoms with van der Waals surface area (Å²) in [7, 11) is 1.90. The first-order valence-corrected chi connectivity index (χ1v) is 7.19. The summed E-state index contributed by atoms with van der Waals surface area (Å²) in [5.41, 5.74) is 3.13. The Morgan fingerprint density at radius 3 is 2.75 bits per heavy atom. The summed E-state index contributed by atoms with van der Waals surface area (Å²) in [5, 5.41) is 6.14. The van der Waals surface area contributed by atoms with Crippen molar-refractivity contribution < 1.29 is 9.53 Å². The Kier molecular flexibility index (Phi) is 4.21. The molecule has 1 aliphatic rings. The van der Waals surface area contributed by atoms with Gasteiger partial charge in [-0.15, -0.1) is 0 Å². The highest BCUT2D eigenvalue weighted by atomic mass is 16.6. The Morgan fingerprint density at radius 1 is 1.35 bits per heavy atom. The van der Waals surface area contributed by atoms with Crippen LogP contribution in [0.15, 0.2) is 18.2 Å². The third-order valence-electron chi connectivity index (χ3n) is 3.44. The molecule has 1 unspecified atom stereocenters. The van der Waals surface area contributed by atoms with Gasteiger partial charge in [-0.2, -0.15) is 0 Å². The van der Waals surface area contributed by atoms with E-state index in [1.54, 1.807) is 0 Å². The number of ether oxygens (including phenoxy) is 1. The molecule has 4 heteroatoms. The normalized spacial score (nSPS) is 18.1. The van der Waals surface area contributed by atoms with Gasteiger partial charge in [-0.1, -0.05) is 6.07 Å². The van der Waals surface area contributed by atoms with E-state index in [2.05, 4.69) is 28.8 Å². The maximum atomic E-state index is 11.9. The number of amides is 1. The summed E-state index contributed by atoms with van der Waals surface area (Å²) in [6.45, 7) is 5.63. The maximum Gasteiger partial charge on any atom is 0.408 e. The summed E-state index contributed by atoms with van der Waals surface area (Å²) in [6, 6.07) is 6.39. The molecule has 0 saturated carbocycles. The number of fused-ring (bicyclic) bond motifs is 1. The summed E-state index contributed by atoms with van der Waals surface area (Å²) in [4.78, 5) is 11.9. The van der Waals surface area contributed by atoms with Crippen LogP contribution in [0.1, 0.15) is 50.8 Å². The van der Waals surface area contributed by atoms with E-state index in [0.29, 0.717) is 0 Å². The van der Waals surface area contributed by atoms with Gasteiger partial charge in [-0.25, -0.2) is 4.79 Å². The zero-order chi connectivity index (χ0) is 14.8. The molecule has 0 bridgehead atoms. The lowest BCUT2D eigenvalue weighted by molar-refractivity contribution is 0.0498. The van der Waals surface area contributed by atoms with Crippen molar-refractivity contribution in [2.75, 3.05) is 12.4 Å². The molecule has 110 valence electrons. The second-order valence-electron chi connectivity index (χ2n) is 6.25. The Hall–Kier alpha value is -1.71. The summed E-state index contributed by atoms with van der Waals surface area (Å²) >= 11 is 0. The molecule has 1 amide bonds. The Morgan fingerprint density at radius 2 is 2.10 bits per heavy atom. The molecule has 0 heterocycles. The van der Waals surface area contributed by atoms with E-state index in [1.807, 2.05) is 27.8 Å². The SMILES string of the molecule is CNc1ccc2c(c1)C(NC(=O)OC(C)(C)C)CCC2. The first kappa shape index (κ1) is 14.7. The van der Waals surface area contributed by atoms with Gasteiger partial charge in [-0.3, -0.25) is 0 Å². The molecule has 4 nitrogen and oxygen atoms in total. The zero-order valence-electron chi connectivity index (χ0n) is 12.7. The number of benzene rings is 1. The molecule has 20 heavy (non-hydrogen) atoms. The number of hydrogen-bond donors (Lipinski definition) is 2. The molecule has 1 atom stereocenters. The van der Waals surface area contributed by atoms with Crippen LogP contribution in [-0.2, 0) is 11.2 Å². The van der Waals surface area contributed by atoms with Crippen LogP contribution < -0.4 is 10.6 Å². The minimum atomic E-state index is -0.464. The highest BCUT2D eigenvalue weighted by Gasteiger charge is 2.24. The predicted octanol–water partition coefficient (Wildman–Crippen LogP) is 3.63. The number of carbonyl (C=O) groups is 1. The smallest absolute Gasteiger partial charge is 0.408 e. The molecule has 0 fully saturated rings. The fraction of sp³-hybridized carbons (Fsp3) is 0.562. The quantitative estimate of drug-likeness (QED) is 0.867. The molecule has 0 aromatic heterocycles. The van der Waals surface area contributed by atoms with Crippen LogP contribution in [0.25, 0.3) is 0 Å². The van der Waals surface area contributed by atoms with E-state index in [9.17, 15) is 4.79 Å². The van der Waals surface area contributed by atoms with Gasteiger partial charge >= 0.3 is 6.09 Å². The van der Waals surface area contributed by atoms with Crippen LogP contribution in [0.3, 0.4) is 0 Å². The molecule has 0 aliphatic heterocycles. The average molecular weight is 276 g/mol. The van der Waals surface area contributed by atoms with Crippen molar-refractivity contribution in [1.82, 2.24) is 5.32 Å². The molecule has 2 N–H and O–H groups in total. The summed E-state index contributed by atoms with van der Waals surface area (Å²) in [5.74, 6) is 0. The number of hydrogen-bond acceptors (Lipinski definition) is 3.